The Bertz CT molecular complexity index is 2580. The summed E-state index contributed by atoms with van der Waals surface area (Å²) in [5, 5.41) is 0. The number of likely N-dealkylation sites (N-methyl/N-ethyl adjacent to an activating group) is 2. The molecule has 6 aromatic rings. The van der Waals surface area contributed by atoms with Crippen molar-refractivity contribution in [3.8, 4) is 11.5 Å². The average molecular weight is 1080 g/mol. The third-order valence-corrected chi connectivity index (χ3v) is 13.1. The normalized spacial score (nSPS) is 15.4. The molecule has 2 aliphatic rings. The summed E-state index contributed by atoms with van der Waals surface area (Å²) >= 11 is 0. The third-order valence-electron chi connectivity index (χ3n) is 13.1. The minimum Gasteiger partial charge on any atom is -0.492 e. The molecule has 0 spiro atoms. The zero-order valence-corrected chi connectivity index (χ0v) is 46.1. The molecule has 13 heteroatoms. The Morgan fingerprint density at radius 2 is 0.662 bits per heavy atom. The highest BCUT2D eigenvalue weighted by atomic mass is 35.5. The fourth-order valence-electron chi connectivity index (χ4n) is 8.79. The monoisotopic (exact) mass is 1080 g/mol. The van der Waals surface area contributed by atoms with Crippen LogP contribution in [-0.2, 0) is 9.59 Å². The number of hydrogen-bond acceptors (Lipinski definition) is 8. The molecule has 0 atom stereocenters. The van der Waals surface area contributed by atoms with Crippen LogP contribution in [0.25, 0.3) is 24.3 Å². The maximum Gasteiger partial charge on any atom is 0.254 e. The second kappa shape index (κ2) is 32.3. The molecule has 0 aromatic heterocycles. The molecule has 6 aromatic carbocycles. The average Bonchev–Trinajstić information content (AvgIpc) is 3.44. The summed E-state index contributed by atoms with van der Waals surface area (Å²) in [7, 11) is 0. The molecule has 2 fully saturated rings. The maximum absolute atomic E-state index is 13.5. The molecule has 11 nitrogen and oxygen atoms in total. The largest absolute Gasteiger partial charge is 0.492 e. The molecule has 2 saturated heterocycles. The number of halogens is 2. The van der Waals surface area contributed by atoms with Crippen LogP contribution >= 0.6 is 24.8 Å². The predicted octanol–water partition coefficient (Wildman–Crippen LogP) is 11.2. The topological polar surface area (TPSA) is 131 Å². The van der Waals surface area contributed by atoms with Gasteiger partial charge in [0.15, 0.2) is 11.6 Å². The molecule has 2 aliphatic heterocycles. The minimum atomic E-state index is -0.111. The third kappa shape index (κ3) is 18.4. The number of amides is 2. The van der Waals surface area contributed by atoms with Gasteiger partial charge in [-0.05, 0) is 121 Å². The van der Waals surface area contributed by atoms with Crippen LogP contribution < -0.4 is 9.47 Å². The summed E-state index contributed by atoms with van der Waals surface area (Å²) in [5.41, 5.74) is 7.29. The van der Waals surface area contributed by atoms with Gasteiger partial charge in [0.05, 0.1) is 26.2 Å². The van der Waals surface area contributed by atoms with Gasteiger partial charge in [-0.3, -0.25) is 19.2 Å². The van der Waals surface area contributed by atoms with Crippen LogP contribution in [0.3, 0.4) is 0 Å². The quantitative estimate of drug-likeness (QED) is 0.0778. The Labute approximate surface area is 467 Å². The van der Waals surface area contributed by atoms with E-state index in [1.165, 1.54) is 0 Å². The Kier molecular flexibility index (Phi) is 26.0. The summed E-state index contributed by atoms with van der Waals surface area (Å²) in [6, 6.07) is 53.5. The highest BCUT2D eigenvalue weighted by molar-refractivity contribution is 6.17. The number of carbonyl (C=O) groups excluding carboxylic acids is 4. The van der Waals surface area contributed by atoms with Crippen molar-refractivity contribution in [3.05, 3.63) is 226 Å². The number of nitrogens with zero attached hydrogens (tertiary/aromatic N) is 4. The number of ketones is 2. The summed E-state index contributed by atoms with van der Waals surface area (Å²) < 4.78 is 11.7. The van der Waals surface area contributed by atoms with E-state index in [4.69, 9.17) is 9.47 Å². The fourth-order valence-corrected chi connectivity index (χ4v) is 8.79. The van der Waals surface area contributed by atoms with Crippen molar-refractivity contribution in [1.29, 1.82) is 0 Å². The maximum atomic E-state index is 13.5. The van der Waals surface area contributed by atoms with E-state index in [-0.39, 0.29) is 79.9 Å². The molecule has 0 radical (unpaired) electrons. The molecule has 0 aliphatic carbocycles. The van der Waals surface area contributed by atoms with Gasteiger partial charge >= 0.3 is 0 Å². The van der Waals surface area contributed by atoms with Gasteiger partial charge in [-0.15, -0.1) is 24.8 Å². The van der Waals surface area contributed by atoms with Crippen molar-refractivity contribution in [2.24, 2.45) is 0 Å². The predicted molar refractivity (Wildman–Crippen MR) is 317 cm³/mol. The van der Waals surface area contributed by atoms with E-state index in [0.29, 0.717) is 46.6 Å². The lowest BCUT2D eigenvalue weighted by Crippen LogP contribution is -2.41. The molecule has 0 bridgehead atoms. The van der Waals surface area contributed by atoms with E-state index in [9.17, 15) is 19.2 Å². The molecule has 0 unspecified atom stereocenters. The van der Waals surface area contributed by atoms with Crippen LogP contribution in [0.1, 0.15) is 70.7 Å². The Balaban J connectivity index is 0.000000320. The molecule has 0 saturated carbocycles. The smallest absolute Gasteiger partial charge is 0.254 e. The zero-order chi connectivity index (χ0) is 52.1. The summed E-state index contributed by atoms with van der Waals surface area (Å²) in [5.74, 6) is 1.22. The van der Waals surface area contributed by atoms with Gasteiger partial charge in [0.1, 0.15) is 24.7 Å². The summed E-state index contributed by atoms with van der Waals surface area (Å²) in [6.07, 6.45) is 7.53. The standard InChI is InChI=1S/2C32H34N2O3.2ClH.H2O/c2*1-3-33(4-2)19-20-37-30-17-15-27(16-18-30)32(36)34-23-28(21-25-11-7-5-8-12-25)31(35)29(24-34)22-26-13-9-6-10-14-26;;;/h2*5-18,21-22H,3-4,19-20,23-24H2,1-2H3;2*1H;1H2. The van der Waals surface area contributed by atoms with Gasteiger partial charge in [0.25, 0.3) is 11.8 Å². The van der Waals surface area contributed by atoms with Gasteiger partial charge in [-0.1, -0.05) is 149 Å². The van der Waals surface area contributed by atoms with Crippen LogP contribution in [0.5, 0.6) is 11.5 Å². The van der Waals surface area contributed by atoms with E-state index < -0.39 is 0 Å². The van der Waals surface area contributed by atoms with Crippen LogP contribution in [0, 0.1) is 0 Å². The summed E-state index contributed by atoms with van der Waals surface area (Å²) in [6.45, 7) is 16.5. The minimum absolute atomic E-state index is 0. The number of likely N-dealkylation sites (tertiary alicyclic amines) is 2. The number of rotatable bonds is 18. The first-order valence-corrected chi connectivity index (χ1v) is 25.7. The lowest BCUT2D eigenvalue weighted by atomic mass is 9.93. The van der Waals surface area contributed by atoms with E-state index in [0.717, 1.165) is 73.0 Å². The molecule has 77 heavy (non-hydrogen) atoms. The van der Waals surface area contributed by atoms with Crippen molar-refractivity contribution in [2.75, 3.05) is 78.7 Å². The number of hydrogen-bond donors (Lipinski definition) is 0. The van der Waals surface area contributed by atoms with Crippen molar-refractivity contribution in [1.82, 2.24) is 19.6 Å². The molecule has 2 N–H and O–H groups in total. The van der Waals surface area contributed by atoms with E-state index in [1.807, 2.05) is 170 Å². The highest BCUT2D eigenvalue weighted by Crippen LogP contribution is 2.27. The molecule has 2 amide bonds. The van der Waals surface area contributed by atoms with Crippen molar-refractivity contribution in [2.45, 2.75) is 27.7 Å². The van der Waals surface area contributed by atoms with Gasteiger partial charge in [0.2, 0.25) is 0 Å². The van der Waals surface area contributed by atoms with E-state index in [1.54, 1.807) is 34.1 Å². The molecule has 8 rings (SSSR count). The number of benzene rings is 6. The zero-order valence-electron chi connectivity index (χ0n) is 44.5. The van der Waals surface area contributed by atoms with Crippen molar-refractivity contribution >= 4 is 72.5 Å². The second-order valence-electron chi connectivity index (χ2n) is 18.1. The van der Waals surface area contributed by atoms with Crippen LogP contribution in [0.4, 0.5) is 0 Å². The Hall–Kier alpha value is -7.38. The molecule has 2 heterocycles. The highest BCUT2D eigenvalue weighted by Gasteiger charge is 2.31. The lowest BCUT2D eigenvalue weighted by molar-refractivity contribution is -0.114. The number of Topliss-reactive ketones (excluding diaryl/α,β-unsaturated/α-hetero) is 2. The van der Waals surface area contributed by atoms with Crippen LogP contribution in [-0.4, -0.2) is 127 Å². The number of piperidine rings is 2. The molecule has 404 valence electrons. The first-order chi connectivity index (χ1) is 36.1. The Morgan fingerprint density at radius 3 is 0.896 bits per heavy atom. The van der Waals surface area contributed by atoms with Gasteiger partial charge < -0.3 is 34.5 Å². The fraction of sp³-hybridized carbons (Fsp3) is 0.250. The second-order valence-corrected chi connectivity index (χ2v) is 18.1. The van der Waals surface area contributed by atoms with Gasteiger partial charge in [-0.2, -0.15) is 0 Å². The number of ether oxygens (including phenoxy) is 2. The van der Waals surface area contributed by atoms with E-state index >= 15 is 0 Å². The van der Waals surface area contributed by atoms with Crippen LogP contribution in [0.15, 0.2) is 192 Å². The SMILES string of the molecule is CCN(CC)CCOc1ccc(C(=O)N2CC(=Cc3ccccc3)C(=O)C(=Cc3ccccc3)C2)cc1.CCN(CC)CCOc1ccc(C(=O)N2CC(=Cc3ccccc3)C(=O)C(=Cc3ccccc3)C2)cc1.Cl.Cl.O. The molecular weight excluding hydrogens is 1010 g/mol. The van der Waals surface area contributed by atoms with Gasteiger partial charge in [0, 0.05) is 46.5 Å². The first-order valence-electron chi connectivity index (χ1n) is 25.7. The molecular formula is C64H72Cl2N4O7. The first kappa shape index (κ1) is 62.2. The number of carbonyl (C=O) groups is 4. The Morgan fingerprint density at radius 1 is 0.416 bits per heavy atom. The van der Waals surface area contributed by atoms with E-state index in [2.05, 4.69) is 37.5 Å². The summed E-state index contributed by atoms with van der Waals surface area (Å²) in [4.78, 5) is 61.9. The van der Waals surface area contributed by atoms with Crippen molar-refractivity contribution < 1.29 is 34.1 Å². The van der Waals surface area contributed by atoms with Crippen molar-refractivity contribution in [3.63, 3.8) is 0 Å². The lowest BCUT2D eigenvalue weighted by Gasteiger charge is -2.30. The van der Waals surface area contributed by atoms with Gasteiger partial charge in [-0.25, -0.2) is 0 Å². The van der Waals surface area contributed by atoms with Crippen LogP contribution in [0.2, 0.25) is 0 Å².